The fraction of sp³-hybridized carbons (Fsp3) is 0.320. The first-order valence-electron chi connectivity index (χ1n) is 11.3. The third-order valence-corrected chi connectivity index (χ3v) is 5.90. The van der Waals surface area contributed by atoms with Crippen LogP contribution < -0.4 is 9.80 Å². The van der Waals surface area contributed by atoms with Crippen LogP contribution in [-0.4, -0.2) is 52.5 Å². The number of anilines is 2. The van der Waals surface area contributed by atoms with Crippen LogP contribution in [0, 0.1) is 21.4 Å². The number of aromatic nitrogens is 2. The Kier molecular flexibility index (Phi) is 7.63. The number of nitrogens with zero attached hydrogens (tertiary/aromatic N) is 7. The first kappa shape index (κ1) is 23.1. The Hall–Kier alpha value is -4.03. The Morgan fingerprint density at radius 2 is 1.62 bits per heavy atom. The normalized spacial score (nSPS) is 13.9. The van der Waals surface area contributed by atoms with E-state index in [1.54, 1.807) is 4.90 Å². The fourth-order valence-electron chi connectivity index (χ4n) is 4.19. The molecule has 0 N–H and O–H groups in total. The maximum absolute atomic E-state index is 12.2. The van der Waals surface area contributed by atoms with Crippen molar-refractivity contribution in [1.29, 1.82) is 5.26 Å². The zero-order chi connectivity index (χ0) is 23.8. The topological polar surface area (TPSA) is 102 Å². The van der Waals surface area contributed by atoms with E-state index < -0.39 is 4.92 Å². The van der Waals surface area contributed by atoms with Gasteiger partial charge in [-0.25, -0.2) is 9.97 Å². The molecule has 9 heteroatoms. The van der Waals surface area contributed by atoms with Gasteiger partial charge in [0.1, 0.15) is 6.33 Å². The summed E-state index contributed by atoms with van der Waals surface area (Å²) in [5.74, 6) is 0.588. The highest BCUT2D eigenvalue weighted by molar-refractivity contribution is 5.71. The number of hydrogen-bond donors (Lipinski definition) is 0. The highest BCUT2D eigenvalue weighted by atomic mass is 16.6. The van der Waals surface area contributed by atoms with Crippen molar-refractivity contribution in [2.45, 2.75) is 19.5 Å². The summed E-state index contributed by atoms with van der Waals surface area (Å²) in [5, 5.41) is 21.4. The van der Waals surface area contributed by atoms with Crippen molar-refractivity contribution in [2.75, 3.05) is 42.5 Å². The van der Waals surface area contributed by atoms with Crippen LogP contribution in [0.3, 0.4) is 0 Å². The smallest absolute Gasteiger partial charge is 0.348 e. The Labute approximate surface area is 199 Å². The summed E-state index contributed by atoms with van der Waals surface area (Å²) in [7, 11) is 0. The van der Waals surface area contributed by atoms with Crippen molar-refractivity contribution in [1.82, 2.24) is 14.9 Å². The predicted molar refractivity (Wildman–Crippen MR) is 130 cm³/mol. The molecular formula is C25H27N7O2. The SMILES string of the molecule is N#CCCN(Cc1ccccc1)c1ncnc(N2CCN(Cc3ccccc3)CC2)c1[N+](=O)[O-]. The maximum atomic E-state index is 12.2. The van der Waals surface area contributed by atoms with Gasteiger partial charge in [-0.3, -0.25) is 15.0 Å². The van der Waals surface area contributed by atoms with Crippen molar-refractivity contribution in [3.8, 4) is 6.07 Å². The zero-order valence-corrected chi connectivity index (χ0v) is 19.0. The summed E-state index contributed by atoms with van der Waals surface area (Å²) in [5.41, 5.74) is 2.14. The van der Waals surface area contributed by atoms with Gasteiger partial charge in [-0.15, -0.1) is 0 Å². The van der Waals surface area contributed by atoms with E-state index in [0.717, 1.165) is 25.2 Å². The lowest BCUT2D eigenvalue weighted by Crippen LogP contribution is -2.46. The van der Waals surface area contributed by atoms with Crippen molar-refractivity contribution in [3.63, 3.8) is 0 Å². The van der Waals surface area contributed by atoms with E-state index in [2.05, 4.69) is 33.1 Å². The summed E-state index contributed by atoms with van der Waals surface area (Å²) in [4.78, 5) is 26.6. The molecule has 0 unspecified atom stereocenters. The summed E-state index contributed by atoms with van der Waals surface area (Å²) < 4.78 is 0. The molecule has 0 saturated carbocycles. The second-order valence-electron chi connectivity index (χ2n) is 8.19. The van der Waals surface area contributed by atoms with E-state index in [4.69, 9.17) is 5.26 Å². The third kappa shape index (κ3) is 5.66. The summed E-state index contributed by atoms with van der Waals surface area (Å²) in [6.07, 6.45) is 1.62. The highest BCUT2D eigenvalue weighted by Gasteiger charge is 2.31. The lowest BCUT2D eigenvalue weighted by Gasteiger charge is -2.35. The van der Waals surface area contributed by atoms with Crippen LogP contribution in [0.5, 0.6) is 0 Å². The Morgan fingerprint density at radius 3 is 2.24 bits per heavy atom. The highest BCUT2D eigenvalue weighted by Crippen LogP contribution is 2.35. The standard InChI is InChI=1S/C25H27N7O2/c26-12-7-13-31(19-22-10-5-2-6-11-22)25-23(32(33)34)24(27-20-28-25)30-16-14-29(15-17-30)18-21-8-3-1-4-9-21/h1-6,8-11,20H,7,13-19H2. The van der Waals surface area contributed by atoms with Crippen molar-refractivity contribution < 1.29 is 4.92 Å². The average molecular weight is 458 g/mol. The van der Waals surface area contributed by atoms with Gasteiger partial charge >= 0.3 is 5.69 Å². The molecule has 1 aliphatic rings. The molecule has 3 aromatic rings. The second-order valence-corrected chi connectivity index (χ2v) is 8.19. The van der Waals surface area contributed by atoms with Crippen LogP contribution in [0.2, 0.25) is 0 Å². The van der Waals surface area contributed by atoms with Gasteiger partial charge in [0, 0.05) is 45.8 Å². The largest absolute Gasteiger partial charge is 0.353 e. The molecule has 0 spiro atoms. The molecule has 174 valence electrons. The minimum Gasteiger partial charge on any atom is -0.348 e. The molecule has 2 aromatic carbocycles. The summed E-state index contributed by atoms with van der Waals surface area (Å²) >= 11 is 0. The molecule has 0 radical (unpaired) electrons. The van der Waals surface area contributed by atoms with Crippen LogP contribution in [0.1, 0.15) is 17.5 Å². The van der Waals surface area contributed by atoms with Gasteiger partial charge < -0.3 is 9.80 Å². The van der Waals surface area contributed by atoms with Crippen LogP contribution in [-0.2, 0) is 13.1 Å². The van der Waals surface area contributed by atoms with Crippen molar-refractivity contribution in [2.24, 2.45) is 0 Å². The lowest BCUT2D eigenvalue weighted by atomic mass is 10.2. The van der Waals surface area contributed by atoms with Crippen LogP contribution in [0.15, 0.2) is 67.0 Å². The summed E-state index contributed by atoms with van der Waals surface area (Å²) in [6, 6.07) is 22.1. The minimum absolute atomic E-state index is 0.104. The van der Waals surface area contributed by atoms with Gasteiger partial charge in [0.05, 0.1) is 17.4 Å². The fourth-order valence-corrected chi connectivity index (χ4v) is 4.19. The first-order chi connectivity index (χ1) is 16.7. The van der Waals surface area contributed by atoms with Crippen LogP contribution in [0.25, 0.3) is 0 Å². The molecule has 4 rings (SSSR count). The minimum atomic E-state index is -0.397. The van der Waals surface area contributed by atoms with Gasteiger partial charge in [-0.05, 0) is 11.1 Å². The number of piperazine rings is 1. The monoisotopic (exact) mass is 457 g/mol. The number of nitriles is 1. The van der Waals surface area contributed by atoms with Gasteiger partial charge in [-0.2, -0.15) is 5.26 Å². The predicted octanol–water partition coefficient (Wildman–Crippen LogP) is 3.63. The Morgan fingerprint density at radius 1 is 0.971 bits per heavy atom. The second kappa shape index (κ2) is 11.2. The maximum Gasteiger partial charge on any atom is 0.353 e. The molecule has 34 heavy (non-hydrogen) atoms. The van der Waals surface area contributed by atoms with E-state index in [9.17, 15) is 10.1 Å². The Balaban J connectivity index is 1.55. The van der Waals surface area contributed by atoms with E-state index in [1.165, 1.54) is 11.9 Å². The van der Waals surface area contributed by atoms with E-state index in [0.29, 0.717) is 32.0 Å². The van der Waals surface area contributed by atoms with Crippen LogP contribution >= 0.6 is 0 Å². The molecule has 1 saturated heterocycles. The lowest BCUT2D eigenvalue weighted by molar-refractivity contribution is -0.383. The molecule has 1 aliphatic heterocycles. The molecule has 0 atom stereocenters. The number of rotatable bonds is 9. The van der Waals surface area contributed by atoms with Crippen molar-refractivity contribution in [3.05, 3.63) is 88.2 Å². The van der Waals surface area contributed by atoms with Gasteiger partial charge in [-0.1, -0.05) is 60.7 Å². The molecule has 0 aliphatic carbocycles. The molecule has 1 aromatic heterocycles. The van der Waals surface area contributed by atoms with E-state index >= 15 is 0 Å². The number of hydrogen-bond acceptors (Lipinski definition) is 8. The summed E-state index contributed by atoms with van der Waals surface area (Å²) in [6.45, 7) is 4.46. The van der Waals surface area contributed by atoms with Gasteiger partial charge in [0.25, 0.3) is 0 Å². The molecule has 1 fully saturated rings. The number of nitro groups is 1. The van der Waals surface area contributed by atoms with Crippen LogP contribution in [0.4, 0.5) is 17.3 Å². The Bertz CT molecular complexity index is 1130. The molecule has 2 heterocycles. The average Bonchev–Trinajstić information content (AvgIpc) is 2.88. The molecule has 9 nitrogen and oxygen atoms in total. The van der Waals surface area contributed by atoms with E-state index in [1.807, 2.05) is 53.4 Å². The van der Waals surface area contributed by atoms with Crippen molar-refractivity contribution >= 4 is 17.3 Å². The third-order valence-electron chi connectivity index (χ3n) is 5.90. The quantitative estimate of drug-likeness (QED) is 0.355. The molecular weight excluding hydrogens is 430 g/mol. The molecule has 0 bridgehead atoms. The zero-order valence-electron chi connectivity index (χ0n) is 19.0. The molecule has 0 amide bonds. The van der Waals surface area contributed by atoms with E-state index in [-0.39, 0.29) is 17.9 Å². The van der Waals surface area contributed by atoms with Gasteiger partial charge in [0.2, 0.25) is 11.6 Å². The van der Waals surface area contributed by atoms with Gasteiger partial charge in [0.15, 0.2) is 0 Å². The first-order valence-corrected chi connectivity index (χ1v) is 11.3. The number of benzene rings is 2.